The van der Waals surface area contributed by atoms with Gasteiger partial charge in [0.05, 0.1) is 0 Å². The standard InChI is InChI=1S/C13H22/c1-6-8-9-12(3)11-13(4,5)10-7-2/h6-7,9-10H,1,8,11H2,2-5H3/b10-7+,12-9+. The van der Waals surface area contributed by atoms with E-state index in [9.17, 15) is 0 Å². The van der Waals surface area contributed by atoms with E-state index in [0.717, 1.165) is 12.8 Å². The third kappa shape index (κ3) is 6.39. The second-order valence-electron chi connectivity index (χ2n) is 4.24. The molecule has 74 valence electrons. The van der Waals surface area contributed by atoms with Crippen molar-refractivity contribution in [3.8, 4) is 0 Å². The van der Waals surface area contributed by atoms with Gasteiger partial charge in [-0.2, -0.15) is 0 Å². The van der Waals surface area contributed by atoms with Gasteiger partial charge in [-0.25, -0.2) is 0 Å². The first-order valence-corrected chi connectivity index (χ1v) is 4.92. The molecule has 0 atom stereocenters. The molecule has 0 aliphatic heterocycles. The van der Waals surface area contributed by atoms with Crippen molar-refractivity contribution in [3.05, 3.63) is 36.5 Å². The molecule has 0 heteroatoms. The average Bonchev–Trinajstić information content (AvgIpc) is 1.99. The van der Waals surface area contributed by atoms with E-state index in [0.29, 0.717) is 0 Å². The molecule has 0 nitrogen and oxygen atoms in total. The molecule has 0 aliphatic carbocycles. The van der Waals surface area contributed by atoms with E-state index in [4.69, 9.17) is 0 Å². The van der Waals surface area contributed by atoms with Gasteiger partial charge in [0, 0.05) is 0 Å². The van der Waals surface area contributed by atoms with Crippen LogP contribution < -0.4 is 0 Å². The van der Waals surface area contributed by atoms with E-state index >= 15 is 0 Å². The fourth-order valence-electron chi connectivity index (χ4n) is 1.59. The van der Waals surface area contributed by atoms with Crippen LogP contribution in [-0.4, -0.2) is 0 Å². The van der Waals surface area contributed by atoms with Crippen LogP contribution >= 0.6 is 0 Å². The van der Waals surface area contributed by atoms with Crippen LogP contribution in [0.15, 0.2) is 36.5 Å². The molecule has 0 aromatic carbocycles. The lowest BCUT2D eigenvalue weighted by atomic mass is 9.85. The van der Waals surface area contributed by atoms with Gasteiger partial charge >= 0.3 is 0 Å². The maximum absolute atomic E-state index is 3.71. The van der Waals surface area contributed by atoms with Crippen LogP contribution in [0.25, 0.3) is 0 Å². The van der Waals surface area contributed by atoms with Crippen molar-refractivity contribution in [1.82, 2.24) is 0 Å². The minimum absolute atomic E-state index is 0.288. The number of hydrogen-bond donors (Lipinski definition) is 0. The Hall–Kier alpha value is -0.780. The van der Waals surface area contributed by atoms with Crippen LogP contribution in [0, 0.1) is 5.41 Å². The zero-order valence-corrected chi connectivity index (χ0v) is 9.43. The molecule has 0 aliphatic rings. The Morgan fingerprint density at radius 2 is 2.00 bits per heavy atom. The summed E-state index contributed by atoms with van der Waals surface area (Å²) >= 11 is 0. The lowest BCUT2D eigenvalue weighted by Gasteiger charge is -2.20. The Kier molecular flexibility index (Phi) is 5.45. The number of hydrogen-bond acceptors (Lipinski definition) is 0. The van der Waals surface area contributed by atoms with Crippen molar-refractivity contribution in [1.29, 1.82) is 0 Å². The molecular weight excluding hydrogens is 156 g/mol. The Morgan fingerprint density at radius 3 is 2.46 bits per heavy atom. The molecule has 0 fully saturated rings. The summed E-state index contributed by atoms with van der Waals surface area (Å²) in [6, 6.07) is 0. The maximum atomic E-state index is 3.71. The van der Waals surface area contributed by atoms with Gasteiger partial charge in [0.2, 0.25) is 0 Å². The zero-order chi connectivity index (χ0) is 10.3. The van der Waals surface area contributed by atoms with Gasteiger partial charge in [-0.1, -0.05) is 43.7 Å². The van der Waals surface area contributed by atoms with Crippen molar-refractivity contribution >= 4 is 0 Å². The van der Waals surface area contributed by atoms with Crippen LogP contribution in [-0.2, 0) is 0 Å². The van der Waals surface area contributed by atoms with Crippen LogP contribution in [0.1, 0.15) is 40.5 Å². The quantitative estimate of drug-likeness (QED) is 0.544. The zero-order valence-electron chi connectivity index (χ0n) is 9.43. The molecule has 0 radical (unpaired) electrons. The number of rotatable bonds is 5. The van der Waals surface area contributed by atoms with E-state index in [2.05, 4.69) is 52.5 Å². The van der Waals surface area contributed by atoms with Gasteiger partial charge in [0.15, 0.2) is 0 Å². The van der Waals surface area contributed by atoms with Crippen molar-refractivity contribution in [3.63, 3.8) is 0 Å². The van der Waals surface area contributed by atoms with Crippen molar-refractivity contribution in [2.45, 2.75) is 40.5 Å². The highest BCUT2D eigenvalue weighted by atomic mass is 14.2. The third-order valence-corrected chi connectivity index (χ3v) is 1.99. The van der Waals surface area contributed by atoms with Gasteiger partial charge in [0.1, 0.15) is 0 Å². The van der Waals surface area contributed by atoms with E-state index in [1.807, 2.05) is 6.08 Å². The molecule has 0 aromatic heterocycles. The van der Waals surface area contributed by atoms with E-state index in [-0.39, 0.29) is 5.41 Å². The lowest BCUT2D eigenvalue weighted by molar-refractivity contribution is 0.474. The normalized spacial score (nSPS) is 13.7. The first-order valence-electron chi connectivity index (χ1n) is 4.92. The molecule has 0 spiro atoms. The lowest BCUT2D eigenvalue weighted by Crippen LogP contribution is -2.07. The molecule has 0 N–H and O–H groups in total. The highest BCUT2D eigenvalue weighted by Gasteiger charge is 2.13. The van der Waals surface area contributed by atoms with Crippen LogP contribution in [0.2, 0.25) is 0 Å². The molecule has 0 aromatic rings. The summed E-state index contributed by atoms with van der Waals surface area (Å²) in [6.07, 6.45) is 10.7. The van der Waals surface area contributed by atoms with Crippen molar-refractivity contribution in [2.75, 3.05) is 0 Å². The van der Waals surface area contributed by atoms with Crippen LogP contribution in [0.4, 0.5) is 0 Å². The molecule has 0 saturated carbocycles. The van der Waals surface area contributed by atoms with E-state index in [1.54, 1.807) is 0 Å². The fourth-order valence-corrected chi connectivity index (χ4v) is 1.59. The van der Waals surface area contributed by atoms with E-state index in [1.165, 1.54) is 5.57 Å². The summed E-state index contributed by atoms with van der Waals surface area (Å²) < 4.78 is 0. The minimum atomic E-state index is 0.288. The summed E-state index contributed by atoms with van der Waals surface area (Å²) in [5.41, 5.74) is 1.74. The van der Waals surface area contributed by atoms with Gasteiger partial charge in [-0.15, -0.1) is 6.58 Å². The highest BCUT2D eigenvalue weighted by molar-refractivity contribution is 5.07. The second-order valence-corrected chi connectivity index (χ2v) is 4.24. The van der Waals surface area contributed by atoms with Gasteiger partial charge in [-0.3, -0.25) is 0 Å². The molecule has 0 saturated heterocycles. The molecule has 0 amide bonds. The first-order chi connectivity index (χ1) is 6.02. The maximum Gasteiger partial charge on any atom is -0.0138 e. The monoisotopic (exact) mass is 178 g/mol. The van der Waals surface area contributed by atoms with E-state index < -0.39 is 0 Å². The summed E-state index contributed by atoms with van der Waals surface area (Å²) in [5.74, 6) is 0. The topological polar surface area (TPSA) is 0 Å². The molecule has 0 bridgehead atoms. The van der Waals surface area contributed by atoms with Gasteiger partial charge < -0.3 is 0 Å². The summed E-state index contributed by atoms with van der Waals surface area (Å²) in [4.78, 5) is 0. The largest absolute Gasteiger partial charge is 0.103 e. The van der Waals surface area contributed by atoms with Crippen LogP contribution in [0.5, 0.6) is 0 Å². The Balaban J connectivity index is 4.17. The SMILES string of the molecule is C=CC/C=C(\C)CC(C)(C)/C=C/C. The van der Waals surface area contributed by atoms with Crippen LogP contribution in [0.3, 0.4) is 0 Å². The number of allylic oxidation sites excluding steroid dienone is 5. The summed E-state index contributed by atoms with van der Waals surface area (Å²) in [5, 5.41) is 0. The first kappa shape index (κ1) is 12.2. The molecule has 0 heterocycles. The Morgan fingerprint density at radius 1 is 1.38 bits per heavy atom. The van der Waals surface area contributed by atoms with Gasteiger partial charge in [-0.05, 0) is 32.1 Å². The minimum Gasteiger partial charge on any atom is -0.103 e. The van der Waals surface area contributed by atoms with Crippen molar-refractivity contribution in [2.24, 2.45) is 5.41 Å². The molecule has 0 rings (SSSR count). The fraction of sp³-hybridized carbons (Fsp3) is 0.538. The highest BCUT2D eigenvalue weighted by Crippen LogP contribution is 2.26. The van der Waals surface area contributed by atoms with Gasteiger partial charge in [0.25, 0.3) is 0 Å². The molecule has 13 heavy (non-hydrogen) atoms. The Bertz CT molecular complexity index is 204. The Labute approximate surface area is 83.0 Å². The predicted octanol–water partition coefficient (Wildman–Crippen LogP) is 4.50. The molecule has 0 unspecified atom stereocenters. The smallest absolute Gasteiger partial charge is 0.0138 e. The third-order valence-electron chi connectivity index (χ3n) is 1.99. The van der Waals surface area contributed by atoms with Crippen molar-refractivity contribution < 1.29 is 0 Å². The average molecular weight is 178 g/mol. The molecular formula is C13H22. The summed E-state index contributed by atoms with van der Waals surface area (Å²) in [7, 11) is 0. The second kappa shape index (κ2) is 5.80. The summed E-state index contributed by atoms with van der Waals surface area (Å²) in [6.45, 7) is 12.5. The predicted molar refractivity (Wildman–Crippen MR) is 61.8 cm³/mol.